The van der Waals surface area contributed by atoms with Crippen LogP contribution in [0.1, 0.15) is 37.6 Å². The van der Waals surface area contributed by atoms with Gasteiger partial charge in [0.2, 0.25) is 0 Å². The highest BCUT2D eigenvalue weighted by Gasteiger charge is 2.22. The lowest BCUT2D eigenvalue weighted by Gasteiger charge is -2.20. The Labute approximate surface area is 124 Å². The van der Waals surface area contributed by atoms with Crippen molar-refractivity contribution < 1.29 is 4.74 Å². The molecular formula is C14H24BrN3O. The van der Waals surface area contributed by atoms with Crippen LogP contribution in [0.4, 0.5) is 0 Å². The molecule has 1 fully saturated rings. The second-order valence-electron chi connectivity index (χ2n) is 5.24. The predicted molar refractivity (Wildman–Crippen MR) is 80.4 cm³/mol. The summed E-state index contributed by atoms with van der Waals surface area (Å²) in [4.78, 5) is 0. The molecule has 2 heterocycles. The lowest BCUT2D eigenvalue weighted by molar-refractivity contribution is 0.0952. The average Bonchev–Trinajstić information content (AvgIpc) is 3.00. The summed E-state index contributed by atoms with van der Waals surface area (Å²) in [6.07, 6.45) is 5.86. The molecule has 2 rings (SSSR count). The van der Waals surface area contributed by atoms with Crippen LogP contribution in [-0.4, -0.2) is 35.6 Å². The van der Waals surface area contributed by atoms with E-state index in [0.717, 1.165) is 31.6 Å². The maximum Gasteiger partial charge on any atom is 0.0766 e. The molecule has 0 aromatic carbocycles. The minimum absolute atomic E-state index is 0.426. The summed E-state index contributed by atoms with van der Waals surface area (Å²) >= 11 is 3.69. The van der Waals surface area contributed by atoms with E-state index in [1.807, 2.05) is 18.8 Å². The molecule has 0 amide bonds. The third-order valence-corrected chi connectivity index (χ3v) is 4.84. The highest BCUT2D eigenvalue weighted by Crippen LogP contribution is 2.25. The summed E-state index contributed by atoms with van der Waals surface area (Å²) in [6, 6.07) is 0.444. The fourth-order valence-electron chi connectivity index (χ4n) is 2.73. The molecule has 108 valence electrons. The maximum atomic E-state index is 5.74. The quantitative estimate of drug-likeness (QED) is 0.871. The van der Waals surface area contributed by atoms with Crippen molar-refractivity contribution in [1.29, 1.82) is 0 Å². The van der Waals surface area contributed by atoms with Crippen LogP contribution < -0.4 is 5.32 Å². The van der Waals surface area contributed by atoms with Crippen LogP contribution in [-0.2, 0) is 24.6 Å². The highest BCUT2D eigenvalue weighted by molar-refractivity contribution is 9.10. The van der Waals surface area contributed by atoms with Crippen molar-refractivity contribution in [2.75, 3.05) is 13.7 Å². The van der Waals surface area contributed by atoms with Crippen LogP contribution in [0, 0.1) is 0 Å². The average molecular weight is 330 g/mol. The van der Waals surface area contributed by atoms with Crippen LogP contribution in [0.25, 0.3) is 0 Å². The van der Waals surface area contributed by atoms with E-state index >= 15 is 0 Å². The van der Waals surface area contributed by atoms with Gasteiger partial charge in [-0.2, -0.15) is 5.10 Å². The number of aryl methyl sites for hydroxylation is 2. The number of rotatable bonds is 6. The van der Waals surface area contributed by atoms with Crippen molar-refractivity contribution in [2.24, 2.45) is 7.05 Å². The zero-order valence-electron chi connectivity index (χ0n) is 12.1. The molecule has 4 nitrogen and oxygen atoms in total. The minimum Gasteiger partial charge on any atom is -0.378 e. The van der Waals surface area contributed by atoms with E-state index in [0.29, 0.717) is 12.1 Å². The zero-order valence-corrected chi connectivity index (χ0v) is 13.7. The van der Waals surface area contributed by atoms with E-state index < -0.39 is 0 Å². The number of aromatic nitrogens is 2. The maximum absolute atomic E-state index is 5.74. The normalized spacial score (nSPS) is 20.9. The number of ether oxygens (including phenoxy) is 1. The van der Waals surface area contributed by atoms with Gasteiger partial charge in [0, 0.05) is 26.1 Å². The minimum atomic E-state index is 0.426. The molecule has 2 atom stereocenters. The topological polar surface area (TPSA) is 39.1 Å². The first-order chi connectivity index (χ1) is 9.15. The van der Waals surface area contributed by atoms with Crippen LogP contribution in [0.3, 0.4) is 0 Å². The monoisotopic (exact) mass is 329 g/mol. The molecule has 19 heavy (non-hydrogen) atoms. The summed E-state index contributed by atoms with van der Waals surface area (Å²) < 4.78 is 8.91. The van der Waals surface area contributed by atoms with Crippen LogP contribution in [0.2, 0.25) is 0 Å². The van der Waals surface area contributed by atoms with Crippen molar-refractivity contribution in [3.05, 3.63) is 15.9 Å². The first kappa shape index (κ1) is 15.0. The van der Waals surface area contributed by atoms with E-state index in [-0.39, 0.29) is 0 Å². The lowest BCUT2D eigenvalue weighted by Crippen LogP contribution is -2.32. The van der Waals surface area contributed by atoms with Crippen LogP contribution >= 0.6 is 15.9 Å². The molecule has 2 unspecified atom stereocenters. The van der Waals surface area contributed by atoms with Gasteiger partial charge in [-0.1, -0.05) is 6.92 Å². The Kier molecular flexibility index (Phi) is 5.42. The van der Waals surface area contributed by atoms with Crippen molar-refractivity contribution >= 4 is 15.9 Å². The SMILES string of the molecule is CCc1nn(C)c(CC(CC2CCCO2)NC)c1Br. The Bertz CT molecular complexity index is 413. The van der Waals surface area contributed by atoms with E-state index in [1.54, 1.807) is 0 Å². The van der Waals surface area contributed by atoms with Gasteiger partial charge in [-0.15, -0.1) is 0 Å². The van der Waals surface area contributed by atoms with E-state index in [9.17, 15) is 0 Å². The van der Waals surface area contributed by atoms with E-state index in [4.69, 9.17) is 4.74 Å². The van der Waals surface area contributed by atoms with E-state index in [1.165, 1.54) is 23.0 Å². The first-order valence-electron chi connectivity index (χ1n) is 7.14. The molecule has 1 aromatic heterocycles. The van der Waals surface area contributed by atoms with Crippen molar-refractivity contribution in [3.63, 3.8) is 0 Å². The number of nitrogens with one attached hydrogen (secondary N) is 1. The molecule has 1 aliphatic heterocycles. The van der Waals surface area contributed by atoms with Gasteiger partial charge in [0.1, 0.15) is 0 Å². The number of halogens is 1. The Morgan fingerprint density at radius 2 is 2.37 bits per heavy atom. The second kappa shape index (κ2) is 6.86. The Morgan fingerprint density at radius 1 is 1.58 bits per heavy atom. The Hall–Kier alpha value is -0.390. The smallest absolute Gasteiger partial charge is 0.0766 e. The summed E-state index contributed by atoms with van der Waals surface area (Å²) in [5, 5.41) is 7.98. The molecule has 0 radical (unpaired) electrons. The molecule has 0 spiro atoms. The second-order valence-corrected chi connectivity index (χ2v) is 6.04. The van der Waals surface area contributed by atoms with Gasteiger partial charge in [0.15, 0.2) is 0 Å². The molecule has 1 aliphatic rings. The summed E-state index contributed by atoms with van der Waals surface area (Å²) in [6.45, 7) is 3.06. The van der Waals surface area contributed by atoms with Crippen LogP contribution in [0.5, 0.6) is 0 Å². The van der Waals surface area contributed by atoms with Gasteiger partial charge < -0.3 is 10.1 Å². The number of likely N-dealkylation sites (N-methyl/N-ethyl adjacent to an activating group) is 1. The third kappa shape index (κ3) is 3.58. The molecule has 0 aliphatic carbocycles. The van der Waals surface area contributed by atoms with Gasteiger partial charge in [-0.25, -0.2) is 0 Å². The van der Waals surface area contributed by atoms with Gasteiger partial charge >= 0.3 is 0 Å². The number of nitrogens with zero attached hydrogens (tertiary/aromatic N) is 2. The molecule has 5 heteroatoms. The molecule has 1 saturated heterocycles. The summed E-state index contributed by atoms with van der Waals surface area (Å²) in [5.74, 6) is 0. The van der Waals surface area contributed by atoms with Gasteiger partial charge in [0.05, 0.1) is 22.0 Å². The van der Waals surface area contributed by atoms with Crippen molar-refractivity contribution in [1.82, 2.24) is 15.1 Å². The van der Waals surface area contributed by atoms with Gasteiger partial charge in [0.25, 0.3) is 0 Å². The zero-order chi connectivity index (χ0) is 13.8. The molecule has 1 aromatic rings. The van der Waals surface area contributed by atoms with Crippen molar-refractivity contribution in [3.8, 4) is 0 Å². The molecule has 1 N–H and O–H groups in total. The standard InChI is InChI=1S/C14H24BrN3O/c1-4-12-14(15)13(18(3)17-12)9-10(16-2)8-11-6-5-7-19-11/h10-11,16H,4-9H2,1-3H3. The van der Waals surface area contributed by atoms with Crippen LogP contribution in [0.15, 0.2) is 4.47 Å². The van der Waals surface area contributed by atoms with E-state index in [2.05, 4.69) is 33.3 Å². The van der Waals surface area contributed by atoms with Crippen molar-refractivity contribution in [2.45, 2.75) is 51.2 Å². The molecule has 0 bridgehead atoms. The molecular weight excluding hydrogens is 306 g/mol. The Balaban J connectivity index is 2.02. The summed E-state index contributed by atoms with van der Waals surface area (Å²) in [7, 11) is 4.06. The molecule has 0 saturated carbocycles. The van der Waals surface area contributed by atoms with Gasteiger partial charge in [-0.3, -0.25) is 4.68 Å². The Morgan fingerprint density at radius 3 is 2.89 bits per heavy atom. The predicted octanol–water partition coefficient (Wildman–Crippen LogP) is 2.44. The third-order valence-electron chi connectivity index (χ3n) is 3.92. The fourth-order valence-corrected chi connectivity index (χ4v) is 3.50. The summed E-state index contributed by atoms with van der Waals surface area (Å²) in [5.41, 5.74) is 2.42. The fraction of sp³-hybridized carbons (Fsp3) is 0.786. The number of hydrogen-bond donors (Lipinski definition) is 1. The first-order valence-corrected chi connectivity index (χ1v) is 7.94. The van der Waals surface area contributed by atoms with Gasteiger partial charge in [-0.05, 0) is 48.7 Å². The lowest BCUT2D eigenvalue weighted by atomic mass is 10.0. The highest BCUT2D eigenvalue weighted by atomic mass is 79.9. The number of hydrogen-bond acceptors (Lipinski definition) is 3. The largest absolute Gasteiger partial charge is 0.378 e.